The highest BCUT2D eigenvalue weighted by atomic mass is 32.2. The van der Waals surface area contributed by atoms with Gasteiger partial charge in [0.05, 0.1) is 9.77 Å². The van der Waals surface area contributed by atoms with Crippen LogP contribution in [0.25, 0.3) is 0 Å². The van der Waals surface area contributed by atoms with E-state index in [-0.39, 0.29) is 43.6 Å². The van der Waals surface area contributed by atoms with Gasteiger partial charge in [0.25, 0.3) is 17.7 Å². The van der Waals surface area contributed by atoms with Gasteiger partial charge in [0, 0.05) is 26.2 Å². The van der Waals surface area contributed by atoms with Crippen LogP contribution in [0.2, 0.25) is 0 Å². The zero-order chi connectivity index (χ0) is 25.5. The van der Waals surface area contributed by atoms with Crippen LogP contribution in [0.4, 0.5) is 0 Å². The molecule has 0 saturated carbocycles. The Hall–Kier alpha value is -3.70. The fourth-order valence-corrected chi connectivity index (χ4v) is 5.82. The molecule has 0 spiro atoms. The van der Waals surface area contributed by atoms with Crippen molar-refractivity contribution >= 4 is 38.9 Å². The maximum Gasteiger partial charge on any atom is 0.262 e. The highest BCUT2D eigenvalue weighted by Crippen LogP contribution is 2.19. The summed E-state index contributed by atoms with van der Waals surface area (Å²) < 4.78 is 32.3. The first-order valence-corrected chi connectivity index (χ1v) is 13.7. The summed E-state index contributed by atoms with van der Waals surface area (Å²) in [5, 5.41) is 2.32. The highest BCUT2D eigenvalue weighted by Gasteiger charge is 2.39. The molecule has 1 saturated heterocycles. The smallest absolute Gasteiger partial charge is 0.262 e. The van der Waals surface area contributed by atoms with E-state index in [4.69, 9.17) is 4.74 Å². The molecule has 1 N–H and O–H groups in total. The third-order valence-electron chi connectivity index (χ3n) is 5.66. The molecule has 0 radical (unpaired) electrons. The van der Waals surface area contributed by atoms with Crippen LogP contribution in [0.5, 0.6) is 5.75 Å². The molecule has 1 unspecified atom stereocenters. The van der Waals surface area contributed by atoms with Crippen molar-refractivity contribution in [3.05, 3.63) is 83.1 Å². The number of thiophene rings is 1. The van der Waals surface area contributed by atoms with Crippen molar-refractivity contribution in [2.75, 3.05) is 32.8 Å². The number of nitrogens with zero attached hydrogens (tertiary/aromatic N) is 2. The molecular formula is C25H25N3O6S2. The summed E-state index contributed by atoms with van der Waals surface area (Å²) in [7, 11) is -4.22. The fourth-order valence-electron chi connectivity index (χ4n) is 3.71. The lowest BCUT2D eigenvalue weighted by Gasteiger charge is -2.36. The van der Waals surface area contributed by atoms with Crippen molar-refractivity contribution < 1.29 is 27.5 Å². The number of hydrogen-bond acceptors (Lipinski definition) is 7. The average Bonchev–Trinajstić information content (AvgIpc) is 3.46. The van der Waals surface area contributed by atoms with E-state index in [0.29, 0.717) is 10.6 Å². The molecule has 36 heavy (non-hydrogen) atoms. The molecule has 1 fully saturated rings. The topological polar surface area (TPSA) is 113 Å². The molecule has 9 nitrogen and oxygen atoms in total. The van der Waals surface area contributed by atoms with Crippen LogP contribution >= 0.6 is 11.3 Å². The number of para-hydroxylation sites is 1. The van der Waals surface area contributed by atoms with E-state index < -0.39 is 27.0 Å². The van der Waals surface area contributed by atoms with Crippen molar-refractivity contribution in [1.82, 2.24) is 15.1 Å². The van der Waals surface area contributed by atoms with Gasteiger partial charge in [-0.15, -0.1) is 11.3 Å². The van der Waals surface area contributed by atoms with E-state index in [1.54, 1.807) is 64.9 Å². The lowest BCUT2D eigenvalue weighted by atomic mass is 10.3. The number of sulfone groups is 1. The summed E-state index contributed by atoms with van der Waals surface area (Å²) in [5.74, 6) is -1.04. The van der Waals surface area contributed by atoms with Gasteiger partial charge in [-0.3, -0.25) is 14.4 Å². The van der Waals surface area contributed by atoms with Crippen molar-refractivity contribution in [2.45, 2.75) is 10.3 Å². The lowest BCUT2D eigenvalue weighted by molar-refractivity contribution is -0.140. The maximum atomic E-state index is 13.4. The molecule has 3 aromatic rings. The van der Waals surface area contributed by atoms with Gasteiger partial charge >= 0.3 is 0 Å². The summed E-state index contributed by atoms with van der Waals surface area (Å²) in [6.45, 7) is 0.566. The van der Waals surface area contributed by atoms with E-state index in [1.807, 2.05) is 6.07 Å². The van der Waals surface area contributed by atoms with Gasteiger partial charge in [-0.05, 0) is 35.7 Å². The number of rotatable bonds is 8. The number of amides is 3. The van der Waals surface area contributed by atoms with Crippen molar-refractivity contribution in [2.24, 2.45) is 0 Å². The van der Waals surface area contributed by atoms with Crippen LogP contribution in [-0.4, -0.2) is 74.1 Å². The quantitative estimate of drug-likeness (QED) is 0.480. The molecule has 1 atom stereocenters. The molecule has 0 bridgehead atoms. The Kier molecular flexibility index (Phi) is 8.01. The third-order valence-corrected chi connectivity index (χ3v) is 8.40. The molecule has 3 amide bonds. The molecule has 2 aromatic carbocycles. The van der Waals surface area contributed by atoms with E-state index in [2.05, 4.69) is 5.32 Å². The summed E-state index contributed by atoms with van der Waals surface area (Å²) in [5.41, 5.74) is 0. The minimum absolute atomic E-state index is 0.0679. The van der Waals surface area contributed by atoms with E-state index in [1.165, 1.54) is 17.0 Å². The lowest BCUT2D eigenvalue weighted by Crippen LogP contribution is -2.58. The number of piperazine rings is 1. The zero-order valence-corrected chi connectivity index (χ0v) is 20.9. The Morgan fingerprint density at radius 3 is 2.08 bits per heavy atom. The number of carbonyl (C=O) groups excluding carboxylic acids is 3. The second kappa shape index (κ2) is 11.4. The van der Waals surface area contributed by atoms with Crippen LogP contribution < -0.4 is 10.1 Å². The molecule has 1 aromatic heterocycles. The van der Waals surface area contributed by atoms with Gasteiger partial charge in [0.1, 0.15) is 5.75 Å². The van der Waals surface area contributed by atoms with E-state index in [0.717, 1.165) is 11.3 Å². The van der Waals surface area contributed by atoms with Gasteiger partial charge in [0.15, 0.2) is 6.61 Å². The minimum atomic E-state index is -4.22. The predicted octanol–water partition coefficient (Wildman–Crippen LogP) is 2.03. The Bertz CT molecular complexity index is 1290. The molecule has 4 rings (SSSR count). The molecular weight excluding hydrogens is 502 g/mol. The summed E-state index contributed by atoms with van der Waals surface area (Å²) in [6.07, 6.45) is 0. The van der Waals surface area contributed by atoms with Crippen molar-refractivity contribution in [3.8, 4) is 5.75 Å². The summed E-state index contributed by atoms with van der Waals surface area (Å²) >= 11 is 1.15. The van der Waals surface area contributed by atoms with Crippen LogP contribution in [0.3, 0.4) is 0 Å². The number of carbonyl (C=O) groups is 3. The zero-order valence-electron chi connectivity index (χ0n) is 19.3. The monoisotopic (exact) mass is 527 g/mol. The minimum Gasteiger partial charge on any atom is -0.484 e. The maximum absolute atomic E-state index is 13.4. The Morgan fingerprint density at radius 1 is 0.861 bits per heavy atom. The molecule has 1 aliphatic heterocycles. The van der Waals surface area contributed by atoms with Crippen LogP contribution in [0.15, 0.2) is 83.1 Å². The first kappa shape index (κ1) is 25.4. The van der Waals surface area contributed by atoms with Gasteiger partial charge in [0.2, 0.25) is 15.2 Å². The van der Waals surface area contributed by atoms with Crippen LogP contribution in [0.1, 0.15) is 9.67 Å². The third kappa shape index (κ3) is 5.92. The van der Waals surface area contributed by atoms with Crippen molar-refractivity contribution in [1.29, 1.82) is 0 Å². The molecule has 1 aliphatic rings. The fraction of sp³-hybridized carbons (Fsp3) is 0.240. The van der Waals surface area contributed by atoms with Crippen LogP contribution in [-0.2, 0) is 19.4 Å². The molecule has 2 heterocycles. The number of ether oxygens (including phenoxy) is 1. The largest absolute Gasteiger partial charge is 0.484 e. The molecule has 188 valence electrons. The number of nitrogens with one attached hydrogen (secondary N) is 1. The van der Waals surface area contributed by atoms with E-state index in [9.17, 15) is 22.8 Å². The number of benzene rings is 2. The predicted molar refractivity (Wildman–Crippen MR) is 134 cm³/mol. The average molecular weight is 528 g/mol. The second-order valence-corrected chi connectivity index (χ2v) is 11.0. The summed E-state index contributed by atoms with van der Waals surface area (Å²) in [6, 6.07) is 19.7. The van der Waals surface area contributed by atoms with Gasteiger partial charge in [-0.1, -0.05) is 42.5 Å². The Balaban J connectivity index is 1.44. The molecule has 0 aliphatic carbocycles. The molecule has 11 heteroatoms. The highest BCUT2D eigenvalue weighted by molar-refractivity contribution is 7.92. The van der Waals surface area contributed by atoms with Gasteiger partial charge in [-0.2, -0.15) is 0 Å². The van der Waals surface area contributed by atoms with Gasteiger partial charge in [-0.25, -0.2) is 8.42 Å². The van der Waals surface area contributed by atoms with Gasteiger partial charge < -0.3 is 19.9 Å². The first-order valence-electron chi connectivity index (χ1n) is 11.2. The van der Waals surface area contributed by atoms with Crippen LogP contribution in [0, 0.1) is 0 Å². The normalized spacial score (nSPS) is 14.7. The standard InChI is InChI=1S/C25H25N3O6S2/c29-22(18-34-19-8-3-1-4-9-19)27-13-15-28(16-14-27)25(31)24(26-23(30)21-12-7-17-35-21)36(32,33)20-10-5-2-6-11-20/h1-12,17,24H,13-16,18H2,(H,26,30). The Labute approximate surface area is 213 Å². The Morgan fingerprint density at radius 2 is 1.47 bits per heavy atom. The van der Waals surface area contributed by atoms with E-state index >= 15 is 0 Å². The van der Waals surface area contributed by atoms with Crippen molar-refractivity contribution in [3.63, 3.8) is 0 Å². The summed E-state index contributed by atoms with van der Waals surface area (Å²) in [4.78, 5) is 41.8. The first-order chi connectivity index (χ1) is 17.4. The second-order valence-electron chi connectivity index (χ2n) is 8.00. The number of hydrogen-bond donors (Lipinski definition) is 1. The SMILES string of the molecule is O=C(NC(C(=O)N1CCN(C(=O)COc2ccccc2)CC1)S(=O)(=O)c1ccccc1)c1cccs1.